The van der Waals surface area contributed by atoms with E-state index in [0.29, 0.717) is 6.54 Å². The van der Waals surface area contributed by atoms with Gasteiger partial charge in [0.1, 0.15) is 5.82 Å². The second kappa shape index (κ2) is 5.85. The molecule has 3 heteroatoms. The van der Waals surface area contributed by atoms with Gasteiger partial charge < -0.3 is 10.6 Å². The standard InChI is InChI=1S/C16H21N3/c1-12-6-7-15(13(2)11-12)19(3)16-14(8-9-17)5-4-10-18-16/h4-7,10-11H,8-9,17H2,1-3H3. The molecule has 0 unspecified atom stereocenters. The van der Waals surface area contributed by atoms with Gasteiger partial charge in [0.2, 0.25) is 0 Å². The number of hydrogen-bond donors (Lipinski definition) is 1. The minimum absolute atomic E-state index is 0.638. The van der Waals surface area contributed by atoms with Gasteiger partial charge in [-0.05, 0) is 50.1 Å². The second-order valence-electron chi connectivity index (χ2n) is 4.87. The third-order valence-electron chi connectivity index (χ3n) is 3.31. The van der Waals surface area contributed by atoms with Crippen LogP contribution in [0, 0.1) is 13.8 Å². The first kappa shape index (κ1) is 13.6. The van der Waals surface area contributed by atoms with E-state index in [2.05, 4.69) is 55.0 Å². The van der Waals surface area contributed by atoms with E-state index in [1.165, 1.54) is 22.4 Å². The topological polar surface area (TPSA) is 42.2 Å². The highest BCUT2D eigenvalue weighted by Crippen LogP contribution is 2.28. The number of pyridine rings is 1. The summed E-state index contributed by atoms with van der Waals surface area (Å²) >= 11 is 0. The molecule has 0 aliphatic rings. The van der Waals surface area contributed by atoms with Crippen LogP contribution < -0.4 is 10.6 Å². The van der Waals surface area contributed by atoms with Gasteiger partial charge >= 0.3 is 0 Å². The van der Waals surface area contributed by atoms with Gasteiger partial charge in [-0.2, -0.15) is 0 Å². The van der Waals surface area contributed by atoms with Gasteiger partial charge in [-0.15, -0.1) is 0 Å². The van der Waals surface area contributed by atoms with E-state index in [-0.39, 0.29) is 0 Å². The van der Waals surface area contributed by atoms with E-state index in [9.17, 15) is 0 Å². The predicted molar refractivity (Wildman–Crippen MR) is 81.0 cm³/mol. The number of benzene rings is 1. The van der Waals surface area contributed by atoms with Gasteiger partial charge in [-0.3, -0.25) is 0 Å². The van der Waals surface area contributed by atoms with Crippen molar-refractivity contribution in [2.75, 3.05) is 18.5 Å². The molecule has 1 aromatic heterocycles. The highest BCUT2D eigenvalue weighted by Gasteiger charge is 2.11. The summed E-state index contributed by atoms with van der Waals surface area (Å²) < 4.78 is 0. The lowest BCUT2D eigenvalue weighted by Gasteiger charge is -2.23. The Morgan fingerprint density at radius 2 is 2.00 bits per heavy atom. The summed E-state index contributed by atoms with van der Waals surface area (Å²) in [5, 5.41) is 0. The van der Waals surface area contributed by atoms with Gasteiger partial charge in [-0.1, -0.05) is 23.8 Å². The Morgan fingerprint density at radius 3 is 2.68 bits per heavy atom. The van der Waals surface area contributed by atoms with Crippen LogP contribution >= 0.6 is 0 Å². The zero-order chi connectivity index (χ0) is 13.8. The SMILES string of the molecule is Cc1ccc(N(C)c2ncccc2CCN)c(C)c1. The minimum Gasteiger partial charge on any atom is -0.330 e. The molecule has 0 spiro atoms. The molecule has 0 aliphatic carbocycles. The quantitative estimate of drug-likeness (QED) is 0.913. The first-order chi connectivity index (χ1) is 9.13. The number of hydrogen-bond acceptors (Lipinski definition) is 3. The molecule has 0 radical (unpaired) electrons. The molecule has 3 nitrogen and oxygen atoms in total. The molecular formula is C16H21N3. The largest absolute Gasteiger partial charge is 0.330 e. The lowest BCUT2D eigenvalue weighted by Crippen LogP contribution is -2.16. The molecule has 0 saturated heterocycles. The maximum absolute atomic E-state index is 5.67. The Morgan fingerprint density at radius 1 is 1.21 bits per heavy atom. The highest BCUT2D eigenvalue weighted by atomic mass is 15.2. The van der Waals surface area contributed by atoms with Crippen LogP contribution in [0.5, 0.6) is 0 Å². The molecule has 2 rings (SSSR count). The van der Waals surface area contributed by atoms with Crippen molar-refractivity contribution in [1.29, 1.82) is 0 Å². The molecule has 100 valence electrons. The predicted octanol–water partition coefficient (Wildman–Crippen LogP) is 2.97. The smallest absolute Gasteiger partial charge is 0.135 e. The maximum atomic E-state index is 5.67. The van der Waals surface area contributed by atoms with Crippen LogP contribution in [0.25, 0.3) is 0 Å². The normalized spacial score (nSPS) is 10.5. The molecule has 0 atom stereocenters. The molecule has 0 fully saturated rings. The molecule has 0 aliphatic heterocycles. The van der Waals surface area contributed by atoms with Crippen molar-refractivity contribution in [2.45, 2.75) is 20.3 Å². The summed E-state index contributed by atoms with van der Waals surface area (Å²) in [5.41, 5.74) is 10.6. The second-order valence-corrected chi connectivity index (χ2v) is 4.87. The molecule has 2 aromatic rings. The van der Waals surface area contributed by atoms with Gasteiger partial charge in [0, 0.05) is 18.9 Å². The molecule has 0 saturated carbocycles. The summed E-state index contributed by atoms with van der Waals surface area (Å²) in [7, 11) is 2.06. The maximum Gasteiger partial charge on any atom is 0.135 e. The number of nitrogens with zero attached hydrogens (tertiary/aromatic N) is 2. The Bertz CT molecular complexity index is 564. The summed E-state index contributed by atoms with van der Waals surface area (Å²) in [6, 6.07) is 10.5. The Kier molecular flexibility index (Phi) is 4.17. The molecule has 0 amide bonds. The average molecular weight is 255 g/mol. The van der Waals surface area contributed by atoms with E-state index < -0.39 is 0 Å². The Hall–Kier alpha value is -1.87. The fourth-order valence-corrected chi connectivity index (χ4v) is 2.38. The van der Waals surface area contributed by atoms with Crippen LogP contribution in [-0.2, 0) is 6.42 Å². The van der Waals surface area contributed by atoms with E-state index in [1.54, 1.807) is 0 Å². The molecule has 19 heavy (non-hydrogen) atoms. The Balaban J connectivity index is 2.41. The fourth-order valence-electron chi connectivity index (χ4n) is 2.38. The zero-order valence-electron chi connectivity index (χ0n) is 11.9. The van der Waals surface area contributed by atoms with Crippen molar-refractivity contribution in [3.8, 4) is 0 Å². The van der Waals surface area contributed by atoms with Crippen LogP contribution in [0.15, 0.2) is 36.5 Å². The Labute approximate surface area is 115 Å². The van der Waals surface area contributed by atoms with Gasteiger partial charge in [0.25, 0.3) is 0 Å². The van der Waals surface area contributed by atoms with E-state index in [1.807, 2.05) is 12.3 Å². The van der Waals surface area contributed by atoms with E-state index >= 15 is 0 Å². The molecule has 0 bridgehead atoms. The first-order valence-electron chi connectivity index (χ1n) is 6.58. The molecule has 1 aromatic carbocycles. The van der Waals surface area contributed by atoms with Crippen molar-refractivity contribution in [1.82, 2.24) is 4.98 Å². The van der Waals surface area contributed by atoms with Crippen LogP contribution in [0.2, 0.25) is 0 Å². The van der Waals surface area contributed by atoms with Crippen LogP contribution in [0.1, 0.15) is 16.7 Å². The van der Waals surface area contributed by atoms with Gasteiger partial charge in [-0.25, -0.2) is 4.98 Å². The third-order valence-corrected chi connectivity index (χ3v) is 3.31. The number of aromatic nitrogens is 1. The number of nitrogens with two attached hydrogens (primary N) is 1. The highest BCUT2D eigenvalue weighted by molar-refractivity contribution is 5.65. The van der Waals surface area contributed by atoms with Crippen molar-refractivity contribution in [3.05, 3.63) is 53.2 Å². The molecule has 1 heterocycles. The van der Waals surface area contributed by atoms with Gasteiger partial charge in [0.15, 0.2) is 0 Å². The lowest BCUT2D eigenvalue weighted by molar-refractivity contribution is 0.944. The lowest BCUT2D eigenvalue weighted by atomic mass is 10.1. The van der Waals surface area contributed by atoms with Crippen LogP contribution in [-0.4, -0.2) is 18.6 Å². The zero-order valence-corrected chi connectivity index (χ0v) is 11.9. The summed E-state index contributed by atoms with van der Waals surface area (Å²) in [6.07, 6.45) is 2.67. The minimum atomic E-state index is 0.638. The number of anilines is 2. The summed E-state index contributed by atoms with van der Waals surface area (Å²) in [5.74, 6) is 0.986. The van der Waals surface area contributed by atoms with Gasteiger partial charge in [0.05, 0.1) is 0 Å². The number of rotatable bonds is 4. The van der Waals surface area contributed by atoms with Crippen molar-refractivity contribution >= 4 is 11.5 Å². The molecular weight excluding hydrogens is 234 g/mol. The number of aryl methyl sites for hydroxylation is 2. The summed E-state index contributed by atoms with van der Waals surface area (Å²) in [6.45, 7) is 4.88. The molecule has 2 N–H and O–H groups in total. The average Bonchev–Trinajstić information content (AvgIpc) is 2.39. The van der Waals surface area contributed by atoms with E-state index in [4.69, 9.17) is 5.73 Å². The first-order valence-corrected chi connectivity index (χ1v) is 6.58. The van der Waals surface area contributed by atoms with E-state index in [0.717, 1.165) is 12.2 Å². The summed E-state index contributed by atoms with van der Waals surface area (Å²) in [4.78, 5) is 6.65. The van der Waals surface area contributed by atoms with Crippen LogP contribution in [0.3, 0.4) is 0 Å². The third kappa shape index (κ3) is 2.93. The monoisotopic (exact) mass is 255 g/mol. The fraction of sp³-hybridized carbons (Fsp3) is 0.312. The van der Waals surface area contributed by atoms with Crippen molar-refractivity contribution in [3.63, 3.8) is 0 Å². The van der Waals surface area contributed by atoms with Crippen LogP contribution in [0.4, 0.5) is 11.5 Å². The van der Waals surface area contributed by atoms with Crippen molar-refractivity contribution in [2.24, 2.45) is 5.73 Å². The van der Waals surface area contributed by atoms with Crippen molar-refractivity contribution < 1.29 is 0 Å².